The predicted octanol–water partition coefficient (Wildman–Crippen LogP) is 6.70. The van der Waals surface area contributed by atoms with Crippen molar-refractivity contribution in [3.05, 3.63) is 105 Å². The topological polar surface area (TPSA) is 35.5 Å². The number of allylic oxidation sites excluding steroid dienone is 1. The van der Waals surface area contributed by atoms with E-state index in [0.29, 0.717) is 39.3 Å². The van der Waals surface area contributed by atoms with E-state index < -0.39 is 0 Å². The molecule has 0 fully saturated rings. The highest BCUT2D eigenvalue weighted by Gasteiger charge is 2.28. The van der Waals surface area contributed by atoms with E-state index in [0.717, 1.165) is 5.56 Å². The number of rotatable bonds is 5. The van der Waals surface area contributed by atoms with E-state index in [1.807, 2.05) is 42.5 Å². The van der Waals surface area contributed by atoms with E-state index in [9.17, 15) is 4.79 Å². The van der Waals surface area contributed by atoms with Crippen LogP contribution in [0.5, 0.6) is 11.5 Å². The Morgan fingerprint density at radius 3 is 2.45 bits per heavy atom. The molecular weight excluding hydrogens is 407 g/mol. The van der Waals surface area contributed by atoms with Crippen LogP contribution in [0.3, 0.4) is 0 Å². The highest BCUT2D eigenvalue weighted by Crippen LogP contribution is 2.36. The lowest BCUT2D eigenvalue weighted by molar-refractivity contribution is 0.101. The molecule has 0 bridgehead atoms. The Balaban J connectivity index is 1.47. The van der Waals surface area contributed by atoms with Crippen molar-refractivity contribution in [2.45, 2.75) is 0 Å². The first kappa shape index (κ1) is 19.3. The van der Waals surface area contributed by atoms with Crippen LogP contribution in [0.4, 0.5) is 0 Å². The molecule has 0 radical (unpaired) electrons. The van der Waals surface area contributed by atoms with Crippen LogP contribution >= 0.6 is 23.2 Å². The van der Waals surface area contributed by atoms with E-state index >= 15 is 0 Å². The summed E-state index contributed by atoms with van der Waals surface area (Å²) in [5.41, 5.74) is 2.13. The number of benzene rings is 3. The van der Waals surface area contributed by atoms with Crippen molar-refractivity contribution in [1.29, 1.82) is 0 Å². The van der Waals surface area contributed by atoms with Gasteiger partial charge in [0.1, 0.15) is 18.1 Å². The molecule has 0 aliphatic carbocycles. The number of fused-ring (bicyclic) bond motifs is 1. The zero-order chi connectivity index (χ0) is 20.2. The summed E-state index contributed by atoms with van der Waals surface area (Å²) in [6.07, 6.45) is 5.48. The molecule has 0 atom stereocenters. The monoisotopic (exact) mass is 422 g/mol. The zero-order valence-electron chi connectivity index (χ0n) is 15.3. The third-order valence-electron chi connectivity index (χ3n) is 4.37. The molecule has 0 spiro atoms. The smallest absolute Gasteiger partial charge is 0.231 e. The summed E-state index contributed by atoms with van der Waals surface area (Å²) in [6, 6.07) is 20.3. The van der Waals surface area contributed by atoms with Gasteiger partial charge in [0.15, 0.2) is 5.76 Å². The Labute approximate surface area is 178 Å². The minimum Gasteiger partial charge on any atom is -0.489 e. The molecule has 144 valence electrons. The molecular formula is C24H16Cl2O3. The lowest BCUT2D eigenvalue weighted by Gasteiger charge is -2.05. The van der Waals surface area contributed by atoms with Gasteiger partial charge in [-0.15, -0.1) is 0 Å². The lowest BCUT2D eigenvalue weighted by Crippen LogP contribution is -1.98. The number of halogens is 2. The van der Waals surface area contributed by atoms with Gasteiger partial charge in [-0.2, -0.15) is 0 Å². The summed E-state index contributed by atoms with van der Waals surface area (Å²) >= 11 is 12.4. The lowest BCUT2D eigenvalue weighted by atomic mass is 10.1. The molecule has 0 saturated carbocycles. The van der Waals surface area contributed by atoms with Gasteiger partial charge in [-0.25, -0.2) is 0 Å². The Bertz CT molecular complexity index is 1100. The van der Waals surface area contributed by atoms with E-state index in [1.54, 1.807) is 42.5 Å². The van der Waals surface area contributed by atoms with Gasteiger partial charge in [0.05, 0.1) is 5.56 Å². The highest BCUT2D eigenvalue weighted by molar-refractivity contribution is 6.37. The highest BCUT2D eigenvalue weighted by atomic mass is 35.5. The largest absolute Gasteiger partial charge is 0.489 e. The second-order valence-corrected chi connectivity index (χ2v) is 7.17. The second-order valence-electron chi connectivity index (χ2n) is 6.36. The van der Waals surface area contributed by atoms with Crippen LogP contribution in [0.15, 0.2) is 78.6 Å². The van der Waals surface area contributed by atoms with Crippen molar-refractivity contribution in [3.8, 4) is 11.5 Å². The number of Topliss-reactive ketones (excluding diaryl/α,β-unsaturated/α-hetero) is 1. The van der Waals surface area contributed by atoms with Gasteiger partial charge >= 0.3 is 0 Å². The summed E-state index contributed by atoms with van der Waals surface area (Å²) in [7, 11) is 0. The molecule has 0 N–H and O–H groups in total. The minimum atomic E-state index is -0.216. The summed E-state index contributed by atoms with van der Waals surface area (Å²) in [4.78, 5) is 12.6. The normalized spacial score (nSPS) is 14.3. The summed E-state index contributed by atoms with van der Waals surface area (Å²) in [6.45, 7) is 0.402. The van der Waals surface area contributed by atoms with Crippen molar-refractivity contribution in [2.75, 3.05) is 6.61 Å². The average Bonchev–Trinajstić information content (AvgIpc) is 3.04. The standard InChI is InChI=1S/C24H16Cl2O3/c25-20-9-4-10-21(26)19(20)15-23-24(27)18-12-11-17(14-22(18)29-23)28-13-5-8-16-6-2-1-3-7-16/h1-12,14-15H,13H2. The van der Waals surface area contributed by atoms with Gasteiger partial charge in [0.25, 0.3) is 0 Å². The van der Waals surface area contributed by atoms with Gasteiger partial charge in [0, 0.05) is 21.7 Å². The fraction of sp³-hybridized carbons (Fsp3) is 0.0417. The molecule has 1 aliphatic heterocycles. The fourth-order valence-electron chi connectivity index (χ4n) is 2.93. The number of hydrogen-bond acceptors (Lipinski definition) is 3. The van der Waals surface area contributed by atoms with Crippen molar-refractivity contribution in [1.82, 2.24) is 0 Å². The zero-order valence-corrected chi connectivity index (χ0v) is 16.8. The maximum absolute atomic E-state index is 12.6. The maximum atomic E-state index is 12.6. The van der Waals surface area contributed by atoms with Crippen LogP contribution in [0.1, 0.15) is 21.5 Å². The first-order valence-corrected chi connectivity index (χ1v) is 9.74. The Kier molecular flexibility index (Phi) is 5.70. The van der Waals surface area contributed by atoms with Crippen LogP contribution < -0.4 is 9.47 Å². The minimum absolute atomic E-state index is 0.177. The van der Waals surface area contributed by atoms with Gasteiger partial charge in [-0.3, -0.25) is 4.79 Å². The first-order valence-electron chi connectivity index (χ1n) is 8.98. The summed E-state index contributed by atoms with van der Waals surface area (Å²) in [5.74, 6) is 1.03. The molecule has 0 unspecified atom stereocenters. The van der Waals surface area contributed by atoms with Gasteiger partial charge in [-0.05, 0) is 42.0 Å². The number of carbonyl (C=O) groups is 1. The SMILES string of the molecule is O=C1C(=Cc2c(Cl)cccc2Cl)Oc2cc(OCC=Cc3ccccc3)ccc21. The molecule has 5 heteroatoms. The second kappa shape index (κ2) is 8.56. The van der Waals surface area contributed by atoms with Crippen LogP contribution in [-0.2, 0) is 0 Å². The van der Waals surface area contributed by atoms with Gasteiger partial charge in [-0.1, -0.05) is 65.7 Å². The van der Waals surface area contributed by atoms with Crippen molar-refractivity contribution in [2.24, 2.45) is 0 Å². The molecule has 1 aliphatic rings. The van der Waals surface area contributed by atoms with Crippen LogP contribution in [0, 0.1) is 0 Å². The van der Waals surface area contributed by atoms with E-state index in [1.165, 1.54) is 0 Å². The average molecular weight is 423 g/mol. The summed E-state index contributed by atoms with van der Waals surface area (Å²) in [5, 5.41) is 0.901. The Hall–Kier alpha value is -3.01. The molecule has 0 amide bonds. The number of ether oxygens (including phenoxy) is 2. The molecule has 4 rings (SSSR count). The molecule has 0 aromatic heterocycles. The number of hydrogen-bond donors (Lipinski definition) is 0. The number of ketones is 1. The van der Waals surface area contributed by atoms with Crippen LogP contribution in [-0.4, -0.2) is 12.4 Å². The van der Waals surface area contributed by atoms with Crippen molar-refractivity contribution >= 4 is 41.1 Å². The molecule has 29 heavy (non-hydrogen) atoms. The Morgan fingerprint density at radius 2 is 1.69 bits per heavy atom. The molecule has 0 saturated heterocycles. The predicted molar refractivity (Wildman–Crippen MR) is 117 cm³/mol. The van der Waals surface area contributed by atoms with Gasteiger partial charge < -0.3 is 9.47 Å². The third-order valence-corrected chi connectivity index (χ3v) is 5.03. The van der Waals surface area contributed by atoms with E-state index in [-0.39, 0.29) is 11.5 Å². The quantitative estimate of drug-likeness (QED) is 0.429. The Morgan fingerprint density at radius 1 is 0.931 bits per heavy atom. The molecule has 3 aromatic carbocycles. The summed E-state index contributed by atoms with van der Waals surface area (Å²) < 4.78 is 11.5. The van der Waals surface area contributed by atoms with Crippen LogP contribution in [0.25, 0.3) is 12.2 Å². The van der Waals surface area contributed by atoms with E-state index in [2.05, 4.69) is 0 Å². The van der Waals surface area contributed by atoms with E-state index in [4.69, 9.17) is 32.7 Å². The van der Waals surface area contributed by atoms with Crippen LogP contribution in [0.2, 0.25) is 10.0 Å². The third kappa shape index (κ3) is 4.37. The van der Waals surface area contributed by atoms with Crippen molar-refractivity contribution in [3.63, 3.8) is 0 Å². The maximum Gasteiger partial charge on any atom is 0.231 e. The van der Waals surface area contributed by atoms with Crippen molar-refractivity contribution < 1.29 is 14.3 Å². The molecule has 3 nitrogen and oxygen atoms in total. The molecule has 1 heterocycles. The fourth-order valence-corrected chi connectivity index (χ4v) is 3.44. The first-order chi connectivity index (χ1) is 14.1. The molecule has 3 aromatic rings. The van der Waals surface area contributed by atoms with Gasteiger partial charge in [0.2, 0.25) is 5.78 Å². The number of carbonyl (C=O) groups excluding carboxylic acids is 1.